The molecule has 5 fully saturated rings. The third kappa shape index (κ3) is 3.28. The molecule has 4 bridgehead atoms. The molecule has 1 aliphatic heterocycles. The Labute approximate surface area is 167 Å². The van der Waals surface area contributed by atoms with Crippen LogP contribution in [0.2, 0.25) is 0 Å². The van der Waals surface area contributed by atoms with Crippen LogP contribution >= 0.6 is 0 Å². The van der Waals surface area contributed by atoms with E-state index in [-0.39, 0.29) is 17.4 Å². The Morgan fingerprint density at radius 2 is 1.61 bits per heavy atom. The predicted molar refractivity (Wildman–Crippen MR) is 107 cm³/mol. The number of carbonyl (C=O) groups is 1. The molecule has 4 aliphatic carbocycles. The number of piperidine rings is 1. The van der Waals surface area contributed by atoms with Gasteiger partial charge in [-0.3, -0.25) is 4.79 Å². The van der Waals surface area contributed by atoms with E-state index in [1.807, 2.05) is 6.07 Å². The summed E-state index contributed by atoms with van der Waals surface area (Å²) in [5.74, 6) is 2.20. The number of benzene rings is 1. The third-order valence-electron chi connectivity index (χ3n) is 7.56. The van der Waals surface area contributed by atoms with E-state index >= 15 is 0 Å². The summed E-state index contributed by atoms with van der Waals surface area (Å²) >= 11 is 0. The van der Waals surface area contributed by atoms with Crippen molar-refractivity contribution in [2.75, 3.05) is 13.1 Å². The molecule has 5 aliphatic rings. The van der Waals surface area contributed by atoms with Crippen LogP contribution < -0.4 is 5.32 Å². The van der Waals surface area contributed by atoms with Gasteiger partial charge in [-0.15, -0.1) is 0 Å². The molecule has 1 heterocycles. The maximum atomic E-state index is 13.2. The van der Waals surface area contributed by atoms with Crippen molar-refractivity contribution in [1.29, 1.82) is 0 Å². The molecule has 0 spiro atoms. The zero-order valence-corrected chi connectivity index (χ0v) is 17.2. The highest BCUT2D eigenvalue weighted by Crippen LogP contribution is 2.55. The van der Waals surface area contributed by atoms with Crippen molar-refractivity contribution in [2.24, 2.45) is 23.7 Å². The van der Waals surface area contributed by atoms with Crippen LogP contribution in [0.25, 0.3) is 0 Å². The van der Waals surface area contributed by atoms with Crippen LogP contribution in [0.4, 0.5) is 0 Å². The fraction of sp³-hybridized carbons (Fsp3) is 0.682. The molecule has 28 heavy (non-hydrogen) atoms. The second-order valence-electron chi connectivity index (χ2n) is 9.70. The monoisotopic (exact) mass is 402 g/mol. The Bertz CT molecular complexity index is 817. The lowest BCUT2D eigenvalue weighted by Crippen LogP contribution is -2.61. The van der Waals surface area contributed by atoms with E-state index in [1.165, 1.54) is 23.6 Å². The smallest absolute Gasteiger partial charge is 0.243 e. The van der Waals surface area contributed by atoms with Gasteiger partial charge in [0.25, 0.3) is 0 Å². The second kappa shape index (κ2) is 6.84. The molecule has 6 rings (SSSR count). The lowest BCUT2D eigenvalue weighted by Gasteiger charge is -2.57. The van der Waals surface area contributed by atoms with E-state index in [9.17, 15) is 13.2 Å². The molecule has 0 aromatic heterocycles. The maximum Gasteiger partial charge on any atom is 0.243 e. The van der Waals surface area contributed by atoms with Gasteiger partial charge >= 0.3 is 0 Å². The number of hydrogen-bond acceptors (Lipinski definition) is 3. The van der Waals surface area contributed by atoms with E-state index in [4.69, 9.17) is 0 Å². The quantitative estimate of drug-likeness (QED) is 0.841. The summed E-state index contributed by atoms with van der Waals surface area (Å²) in [7, 11) is -3.53. The summed E-state index contributed by atoms with van der Waals surface area (Å²) in [4.78, 5) is 13.5. The predicted octanol–water partition coefficient (Wildman–Crippen LogP) is 3.17. The number of nitrogens with one attached hydrogen (secondary N) is 1. The van der Waals surface area contributed by atoms with Crippen LogP contribution in [0.15, 0.2) is 35.2 Å². The molecule has 1 aromatic carbocycles. The van der Waals surface area contributed by atoms with Gasteiger partial charge in [0.15, 0.2) is 0 Å². The Kier molecular flexibility index (Phi) is 4.55. The fourth-order valence-electron chi connectivity index (χ4n) is 6.74. The summed E-state index contributed by atoms with van der Waals surface area (Å²) in [6.07, 6.45) is 8.95. The van der Waals surface area contributed by atoms with Crippen molar-refractivity contribution in [2.45, 2.75) is 61.8 Å². The van der Waals surface area contributed by atoms with Crippen LogP contribution in [0.5, 0.6) is 0 Å². The number of amides is 1. The minimum absolute atomic E-state index is 0.00752. The molecule has 0 unspecified atom stereocenters. The van der Waals surface area contributed by atoms with Gasteiger partial charge in [0.1, 0.15) is 0 Å². The lowest BCUT2D eigenvalue weighted by molar-refractivity contribution is -0.131. The summed E-state index contributed by atoms with van der Waals surface area (Å²) < 4.78 is 27.4. The van der Waals surface area contributed by atoms with Crippen molar-refractivity contribution in [3.05, 3.63) is 30.3 Å². The Morgan fingerprint density at radius 3 is 2.21 bits per heavy atom. The van der Waals surface area contributed by atoms with Gasteiger partial charge < -0.3 is 5.32 Å². The normalized spacial score (nSPS) is 37.7. The lowest BCUT2D eigenvalue weighted by atomic mass is 9.53. The second-order valence-corrected chi connectivity index (χ2v) is 11.6. The van der Waals surface area contributed by atoms with Gasteiger partial charge in [0.2, 0.25) is 15.9 Å². The SMILES string of the molecule is O=C(NC12CC3CC(CC(C3)C1)C2)[C@H]1CCCN(S(=O)(=O)c2ccccc2)C1. The first-order valence-electron chi connectivity index (χ1n) is 10.8. The topological polar surface area (TPSA) is 66.5 Å². The number of carbonyl (C=O) groups excluding carboxylic acids is 1. The highest BCUT2D eigenvalue weighted by Gasteiger charge is 2.52. The van der Waals surface area contributed by atoms with Crippen LogP contribution in [-0.2, 0) is 14.8 Å². The summed E-state index contributed by atoms with van der Waals surface area (Å²) in [6, 6.07) is 8.57. The highest BCUT2D eigenvalue weighted by molar-refractivity contribution is 7.89. The van der Waals surface area contributed by atoms with Gasteiger partial charge in [-0.25, -0.2) is 8.42 Å². The molecule has 1 N–H and O–H groups in total. The standard InChI is InChI=1S/C22H30N2O3S/c25-21(23-22-12-16-9-17(13-22)11-18(10-16)14-22)19-5-4-8-24(15-19)28(26,27)20-6-2-1-3-7-20/h1-3,6-7,16-19H,4-5,8-15H2,(H,23,25)/t16?,17?,18?,19-,22?/m0/s1. The molecular formula is C22H30N2O3S. The van der Waals surface area contributed by atoms with E-state index in [0.29, 0.717) is 18.0 Å². The molecule has 4 saturated carbocycles. The summed E-state index contributed by atoms with van der Waals surface area (Å²) in [5, 5.41) is 3.45. The number of sulfonamides is 1. The molecule has 1 amide bonds. The van der Waals surface area contributed by atoms with E-state index < -0.39 is 10.0 Å². The minimum atomic E-state index is -3.53. The molecule has 1 aromatic rings. The largest absolute Gasteiger partial charge is 0.350 e. The van der Waals surface area contributed by atoms with Crippen LogP contribution in [0.3, 0.4) is 0 Å². The van der Waals surface area contributed by atoms with Gasteiger partial charge in [0.05, 0.1) is 10.8 Å². The van der Waals surface area contributed by atoms with E-state index in [2.05, 4.69) is 5.32 Å². The van der Waals surface area contributed by atoms with Crippen LogP contribution in [0.1, 0.15) is 51.4 Å². The molecule has 1 atom stereocenters. The van der Waals surface area contributed by atoms with Gasteiger partial charge in [-0.2, -0.15) is 4.31 Å². The molecule has 0 radical (unpaired) electrons. The third-order valence-corrected chi connectivity index (χ3v) is 9.44. The van der Waals surface area contributed by atoms with E-state index in [0.717, 1.165) is 49.9 Å². The van der Waals surface area contributed by atoms with Crippen molar-refractivity contribution in [3.63, 3.8) is 0 Å². The van der Waals surface area contributed by atoms with Crippen molar-refractivity contribution >= 4 is 15.9 Å². The Morgan fingerprint density at radius 1 is 1.00 bits per heavy atom. The Hall–Kier alpha value is -1.40. The molecule has 6 heteroatoms. The van der Waals surface area contributed by atoms with Crippen LogP contribution in [-0.4, -0.2) is 37.3 Å². The van der Waals surface area contributed by atoms with Gasteiger partial charge in [0, 0.05) is 18.6 Å². The minimum Gasteiger partial charge on any atom is -0.350 e. The van der Waals surface area contributed by atoms with Crippen molar-refractivity contribution in [1.82, 2.24) is 9.62 Å². The number of hydrogen-bond donors (Lipinski definition) is 1. The maximum absolute atomic E-state index is 13.2. The molecule has 1 saturated heterocycles. The number of rotatable bonds is 4. The Balaban J connectivity index is 1.28. The van der Waals surface area contributed by atoms with E-state index in [1.54, 1.807) is 24.3 Å². The first-order chi connectivity index (χ1) is 13.4. The zero-order valence-electron chi connectivity index (χ0n) is 16.3. The average Bonchev–Trinajstić information content (AvgIpc) is 2.67. The molecular weight excluding hydrogens is 372 g/mol. The van der Waals surface area contributed by atoms with Gasteiger partial charge in [-0.05, 0) is 81.3 Å². The van der Waals surface area contributed by atoms with Crippen molar-refractivity contribution in [3.8, 4) is 0 Å². The first kappa shape index (κ1) is 18.6. The average molecular weight is 403 g/mol. The van der Waals surface area contributed by atoms with Gasteiger partial charge in [-0.1, -0.05) is 18.2 Å². The fourth-order valence-corrected chi connectivity index (χ4v) is 8.29. The van der Waals surface area contributed by atoms with Crippen molar-refractivity contribution < 1.29 is 13.2 Å². The summed E-state index contributed by atoms with van der Waals surface area (Å²) in [5.41, 5.74) is -0.00752. The molecule has 152 valence electrons. The van der Waals surface area contributed by atoms with Crippen LogP contribution in [0, 0.1) is 23.7 Å². The number of nitrogens with zero attached hydrogens (tertiary/aromatic N) is 1. The summed E-state index contributed by atoms with van der Waals surface area (Å²) in [6.45, 7) is 0.799. The zero-order chi connectivity index (χ0) is 19.4. The molecule has 5 nitrogen and oxygen atoms in total. The first-order valence-corrected chi connectivity index (χ1v) is 12.2. The highest BCUT2D eigenvalue weighted by atomic mass is 32.2.